The van der Waals surface area contributed by atoms with Gasteiger partial charge in [-0.05, 0) is 37.6 Å². The summed E-state index contributed by atoms with van der Waals surface area (Å²) >= 11 is 9.25. The van der Waals surface area contributed by atoms with Crippen LogP contribution in [0.3, 0.4) is 0 Å². The van der Waals surface area contributed by atoms with E-state index in [1.54, 1.807) is 18.3 Å². The van der Waals surface area contributed by atoms with Crippen LogP contribution in [0.1, 0.15) is 16.7 Å². The molecule has 0 fully saturated rings. The van der Waals surface area contributed by atoms with E-state index in [0.29, 0.717) is 10.6 Å². The smallest absolute Gasteiger partial charge is 0.143 e. The molecule has 0 bridgehead atoms. The number of halogens is 2. The highest BCUT2D eigenvalue weighted by Gasteiger charge is 2.05. The molecule has 4 heteroatoms. The summed E-state index contributed by atoms with van der Waals surface area (Å²) in [5.74, 6) is 0.0402. The fourth-order valence-electron chi connectivity index (χ4n) is 1.77. The van der Waals surface area contributed by atoms with E-state index >= 15 is 0 Å². The molecule has 0 spiro atoms. The van der Waals surface area contributed by atoms with Crippen molar-refractivity contribution in [2.45, 2.75) is 13.8 Å². The quantitative estimate of drug-likeness (QED) is 0.752. The van der Waals surface area contributed by atoms with Crippen molar-refractivity contribution < 1.29 is 5.11 Å². The average molecular weight is 339 g/mol. The SMILES string of the molecule is Cc1ccc(N=Cc2cc(Br)cc(Cl)c2O)c(C)c1. The molecule has 0 heterocycles. The van der Waals surface area contributed by atoms with E-state index in [-0.39, 0.29) is 5.75 Å². The van der Waals surface area contributed by atoms with Gasteiger partial charge in [-0.25, -0.2) is 0 Å². The van der Waals surface area contributed by atoms with Gasteiger partial charge in [0.15, 0.2) is 0 Å². The molecule has 0 aromatic heterocycles. The minimum Gasteiger partial charge on any atom is -0.506 e. The Kier molecular flexibility index (Phi) is 4.27. The van der Waals surface area contributed by atoms with Crippen LogP contribution in [0.5, 0.6) is 5.75 Å². The third-order valence-electron chi connectivity index (χ3n) is 2.75. The van der Waals surface area contributed by atoms with Gasteiger partial charge >= 0.3 is 0 Å². The Morgan fingerprint density at radius 2 is 1.95 bits per heavy atom. The van der Waals surface area contributed by atoms with Crippen molar-refractivity contribution in [2.75, 3.05) is 0 Å². The highest BCUT2D eigenvalue weighted by Crippen LogP contribution is 2.30. The summed E-state index contributed by atoms with van der Waals surface area (Å²) in [7, 11) is 0. The van der Waals surface area contributed by atoms with Gasteiger partial charge in [0.1, 0.15) is 5.75 Å². The number of rotatable bonds is 2. The number of benzene rings is 2. The number of phenolic OH excluding ortho intramolecular Hbond substituents is 1. The van der Waals surface area contributed by atoms with Crippen LogP contribution in [0.2, 0.25) is 5.02 Å². The molecule has 0 aliphatic heterocycles. The molecule has 0 amide bonds. The summed E-state index contributed by atoms with van der Waals surface area (Å²) in [4.78, 5) is 4.40. The fraction of sp³-hybridized carbons (Fsp3) is 0.133. The number of hydrogen-bond acceptors (Lipinski definition) is 2. The molecule has 19 heavy (non-hydrogen) atoms. The van der Waals surface area contributed by atoms with E-state index in [1.165, 1.54) is 5.56 Å². The standard InChI is InChI=1S/C15H13BrClNO/c1-9-3-4-14(10(2)5-9)18-8-11-6-12(16)7-13(17)15(11)19/h3-8,19H,1-2H3. The van der Waals surface area contributed by atoms with Gasteiger partial charge in [0, 0.05) is 16.3 Å². The minimum atomic E-state index is 0.0402. The second-order valence-electron chi connectivity index (χ2n) is 4.37. The molecule has 0 atom stereocenters. The molecule has 2 rings (SSSR count). The van der Waals surface area contributed by atoms with Gasteiger partial charge in [0.2, 0.25) is 0 Å². The summed E-state index contributed by atoms with van der Waals surface area (Å²) in [6.07, 6.45) is 1.61. The van der Waals surface area contributed by atoms with Gasteiger partial charge in [0.25, 0.3) is 0 Å². The molecule has 0 saturated carbocycles. The third kappa shape index (κ3) is 3.37. The zero-order valence-corrected chi connectivity index (χ0v) is 13.0. The number of aliphatic imine (C=N–C) groups is 1. The minimum absolute atomic E-state index is 0.0402. The summed E-state index contributed by atoms with van der Waals surface area (Å²) in [6.45, 7) is 4.05. The van der Waals surface area contributed by atoms with E-state index < -0.39 is 0 Å². The van der Waals surface area contributed by atoms with Gasteiger partial charge in [-0.1, -0.05) is 45.2 Å². The van der Waals surface area contributed by atoms with Crippen molar-refractivity contribution in [1.82, 2.24) is 0 Å². The molecular formula is C15H13BrClNO. The molecule has 0 aliphatic rings. The molecule has 98 valence electrons. The first-order chi connectivity index (χ1) is 8.97. The topological polar surface area (TPSA) is 32.6 Å². The molecule has 2 aromatic carbocycles. The number of hydrogen-bond donors (Lipinski definition) is 1. The van der Waals surface area contributed by atoms with Crippen LogP contribution in [0.25, 0.3) is 0 Å². The van der Waals surface area contributed by atoms with E-state index in [4.69, 9.17) is 11.6 Å². The maximum absolute atomic E-state index is 9.87. The van der Waals surface area contributed by atoms with Crippen LogP contribution in [0, 0.1) is 13.8 Å². The monoisotopic (exact) mass is 337 g/mol. The van der Waals surface area contributed by atoms with Crippen LogP contribution in [-0.4, -0.2) is 11.3 Å². The van der Waals surface area contributed by atoms with E-state index in [1.807, 2.05) is 26.0 Å². The normalized spacial score (nSPS) is 11.2. The molecule has 0 saturated heterocycles. The van der Waals surface area contributed by atoms with Crippen LogP contribution in [-0.2, 0) is 0 Å². The number of aromatic hydroxyl groups is 1. The van der Waals surface area contributed by atoms with E-state index in [0.717, 1.165) is 15.7 Å². The highest BCUT2D eigenvalue weighted by atomic mass is 79.9. The number of nitrogens with zero attached hydrogens (tertiary/aromatic N) is 1. The third-order valence-corrected chi connectivity index (χ3v) is 3.50. The predicted octanol–water partition coefficient (Wildman–Crippen LogP) is 5.18. The average Bonchev–Trinajstić information content (AvgIpc) is 2.33. The molecule has 0 unspecified atom stereocenters. The highest BCUT2D eigenvalue weighted by molar-refractivity contribution is 9.10. The summed E-state index contributed by atoms with van der Waals surface area (Å²) < 4.78 is 0.803. The van der Waals surface area contributed by atoms with Gasteiger partial charge in [-0.2, -0.15) is 0 Å². The lowest BCUT2D eigenvalue weighted by molar-refractivity contribution is 0.474. The van der Waals surface area contributed by atoms with Gasteiger partial charge in [0.05, 0.1) is 10.7 Å². The maximum Gasteiger partial charge on any atom is 0.143 e. The van der Waals surface area contributed by atoms with Crippen LogP contribution < -0.4 is 0 Å². The Morgan fingerprint density at radius 3 is 2.63 bits per heavy atom. The van der Waals surface area contributed by atoms with Crippen molar-refractivity contribution in [3.63, 3.8) is 0 Å². The van der Waals surface area contributed by atoms with Crippen LogP contribution in [0.15, 0.2) is 39.8 Å². The Labute approximate surface area is 125 Å². The summed E-state index contributed by atoms with van der Waals surface area (Å²) in [5, 5.41) is 10.2. The van der Waals surface area contributed by atoms with Crippen LogP contribution >= 0.6 is 27.5 Å². The van der Waals surface area contributed by atoms with Crippen molar-refractivity contribution >= 4 is 39.4 Å². The lowest BCUT2D eigenvalue weighted by atomic mass is 10.1. The number of aryl methyl sites for hydroxylation is 2. The van der Waals surface area contributed by atoms with Gasteiger partial charge in [-0.15, -0.1) is 0 Å². The Balaban J connectivity index is 2.38. The first-order valence-corrected chi connectivity index (χ1v) is 6.94. The van der Waals surface area contributed by atoms with Crippen molar-refractivity contribution in [2.24, 2.45) is 4.99 Å². The van der Waals surface area contributed by atoms with Crippen LogP contribution in [0.4, 0.5) is 5.69 Å². The van der Waals surface area contributed by atoms with E-state index in [2.05, 4.69) is 27.0 Å². The predicted molar refractivity (Wildman–Crippen MR) is 84.0 cm³/mol. The molecule has 2 aromatic rings. The molecule has 0 radical (unpaired) electrons. The lowest BCUT2D eigenvalue weighted by Gasteiger charge is -2.04. The Bertz CT molecular complexity index is 653. The van der Waals surface area contributed by atoms with E-state index in [9.17, 15) is 5.11 Å². The lowest BCUT2D eigenvalue weighted by Crippen LogP contribution is -1.85. The Morgan fingerprint density at radius 1 is 1.21 bits per heavy atom. The molecular weight excluding hydrogens is 326 g/mol. The van der Waals surface area contributed by atoms with Gasteiger partial charge < -0.3 is 5.11 Å². The Hall–Kier alpha value is -1.32. The summed E-state index contributed by atoms with van der Waals surface area (Å²) in [5.41, 5.74) is 3.75. The second-order valence-corrected chi connectivity index (χ2v) is 5.70. The maximum atomic E-state index is 9.87. The fourth-order valence-corrected chi connectivity index (χ4v) is 2.61. The number of phenols is 1. The van der Waals surface area contributed by atoms with Crippen molar-refractivity contribution in [3.05, 3.63) is 56.5 Å². The van der Waals surface area contributed by atoms with Crippen molar-refractivity contribution in [3.8, 4) is 5.75 Å². The zero-order valence-electron chi connectivity index (χ0n) is 10.6. The molecule has 2 nitrogen and oxygen atoms in total. The zero-order chi connectivity index (χ0) is 14.0. The molecule has 1 N–H and O–H groups in total. The largest absolute Gasteiger partial charge is 0.506 e. The molecule has 0 aliphatic carbocycles. The van der Waals surface area contributed by atoms with Gasteiger partial charge in [-0.3, -0.25) is 4.99 Å². The second kappa shape index (κ2) is 5.76. The van der Waals surface area contributed by atoms with Crippen molar-refractivity contribution in [1.29, 1.82) is 0 Å². The first kappa shape index (κ1) is 14.1. The summed E-state index contributed by atoms with van der Waals surface area (Å²) in [6, 6.07) is 9.45. The first-order valence-electron chi connectivity index (χ1n) is 5.76.